The van der Waals surface area contributed by atoms with E-state index in [0.29, 0.717) is 44.5 Å². The van der Waals surface area contributed by atoms with Crippen LogP contribution in [0, 0.1) is 23.7 Å². The van der Waals surface area contributed by atoms with E-state index in [-0.39, 0.29) is 72.9 Å². The Bertz CT molecular complexity index is 2510. The van der Waals surface area contributed by atoms with Crippen molar-refractivity contribution in [1.82, 2.24) is 41.0 Å². The predicted octanol–water partition coefficient (Wildman–Crippen LogP) is 5.58. The number of aromatic nitrogens is 1. The Morgan fingerprint density at radius 1 is 0.827 bits per heavy atom. The van der Waals surface area contributed by atoms with Crippen LogP contribution in [0.15, 0.2) is 77.8 Å². The number of thiazole rings is 1. The number of amides is 8. The molecule has 1 saturated heterocycles. The first-order valence-corrected chi connectivity index (χ1v) is 29.3. The summed E-state index contributed by atoms with van der Waals surface area (Å²) in [5.41, 5.74) is 14.6. The zero-order valence-corrected chi connectivity index (χ0v) is 50.8. The highest BCUT2D eigenvalue weighted by molar-refractivity contribution is 7.09. The van der Waals surface area contributed by atoms with E-state index in [0.717, 1.165) is 28.1 Å². The van der Waals surface area contributed by atoms with Gasteiger partial charge in [-0.05, 0) is 100 Å². The standard InChI is InChI=1S/C60H93N11O9S/c1-14-39(8)52(47(79-12)35-48(72)71-31-19-23-46(71)53(80-13)40(9)54(73)67-45(58-63-30-33-81-58)34-42-20-16-15-17-21-42)70(11)59(77)50(37(4)5)68-57(76)51(38(6)7)69(10)32-28-41-24-26-43(27-25-41)65-55(74)44(22-18-29-64-60(62)78)66-56(75)49(61)36(2)3/h14-17,20-21,24-27,30,33,36-38,40,44-47,49-53H,18-19,22-23,28-29,31-32,34-35,61H2,1-13H3,(H,65,74)(H,66,75)(H,67,73)(H,68,76)(H3,62,64,78)/b39-14-/t40-,44+,45+,46+,47-,49+,50+,51+,52+,53-/m1/s1. The fraction of sp³-hybridized carbons (Fsp3) is 0.600. The number of primary amides is 1. The zero-order valence-electron chi connectivity index (χ0n) is 50.0. The van der Waals surface area contributed by atoms with Crippen LogP contribution in [0.3, 0.4) is 0 Å². The lowest BCUT2D eigenvalue weighted by molar-refractivity contribution is -0.145. The molecule has 1 aliphatic rings. The summed E-state index contributed by atoms with van der Waals surface area (Å²) >= 11 is 1.49. The van der Waals surface area contributed by atoms with Crippen molar-refractivity contribution in [2.45, 2.75) is 162 Å². The fourth-order valence-corrected chi connectivity index (χ4v) is 11.3. The molecule has 0 spiro atoms. The van der Waals surface area contributed by atoms with Crippen molar-refractivity contribution in [2.24, 2.45) is 35.1 Å². The second kappa shape index (κ2) is 33.0. The summed E-state index contributed by atoms with van der Waals surface area (Å²) < 4.78 is 12.2. The van der Waals surface area contributed by atoms with Crippen LogP contribution >= 0.6 is 11.3 Å². The molecule has 10 atom stereocenters. The molecule has 0 bridgehead atoms. The number of urea groups is 1. The number of benzene rings is 2. The average molecular weight is 1140 g/mol. The van der Waals surface area contributed by atoms with Gasteiger partial charge in [0.15, 0.2) is 0 Å². The van der Waals surface area contributed by atoms with Crippen molar-refractivity contribution >= 4 is 58.5 Å². The predicted molar refractivity (Wildman–Crippen MR) is 318 cm³/mol. The molecular formula is C60H93N11O9S. The Kier molecular flexibility index (Phi) is 27.4. The van der Waals surface area contributed by atoms with Crippen molar-refractivity contribution in [3.63, 3.8) is 0 Å². The van der Waals surface area contributed by atoms with Crippen molar-refractivity contribution in [3.05, 3.63) is 94.0 Å². The topological polar surface area (TPSA) is 273 Å². The van der Waals surface area contributed by atoms with E-state index in [4.69, 9.17) is 20.9 Å². The highest BCUT2D eigenvalue weighted by atomic mass is 32.1. The number of rotatable bonds is 32. The second-order valence-electron chi connectivity index (χ2n) is 22.4. The van der Waals surface area contributed by atoms with Crippen LogP contribution in [0.1, 0.15) is 117 Å². The van der Waals surface area contributed by atoms with Gasteiger partial charge in [-0.15, -0.1) is 11.3 Å². The Morgan fingerprint density at radius 2 is 1.51 bits per heavy atom. The lowest BCUT2D eigenvalue weighted by Gasteiger charge is -2.39. The minimum absolute atomic E-state index is 0.0515. The molecule has 81 heavy (non-hydrogen) atoms. The third kappa shape index (κ3) is 19.7. The highest BCUT2D eigenvalue weighted by Crippen LogP contribution is 2.30. The summed E-state index contributed by atoms with van der Waals surface area (Å²) in [6, 6.07) is 12.0. The van der Waals surface area contributed by atoms with Gasteiger partial charge in [0.05, 0.1) is 54.8 Å². The molecule has 1 aromatic heterocycles. The van der Waals surface area contributed by atoms with Gasteiger partial charge >= 0.3 is 6.03 Å². The monoisotopic (exact) mass is 1140 g/mol. The lowest BCUT2D eigenvalue weighted by Crippen LogP contribution is -2.59. The van der Waals surface area contributed by atoms with Crippen LogP contribution in [-0.4, -0.2) is 158 Å². The number of carbonyl (C=O) groups excluding carboxylic acids is 7. The molecule has 448 valence electrons. The Labute approximate surface area is 484 Å². The number of nitrogens with zero attached hydrogens (tertiary/aromatic N) is 4. The van der Waals surface area contributed by atoms with Crippen LogP contribution in [0.5, 0.6) is 0 Å². The van der Waals surface area contributed by atoms with E-state index < -0.39 is 66.2 Å². The first kappa shape index (κ1) is 67.2. The number of hydrogen-bond donors (Lipinski definition) is 7. The van der Waals surface area contributed by atoms with Gasteiger partial charge in [0.25, 0.3) is 0 Å². The minimum atomic E-state index is -0.909. The molecule has 0 saturated carbocycles. The number of likely N-dealkylation sites (tertiary alicyclic amines) is 1. The van der Waals surface area contributed by atoms with Crippen LogP contribution in [0.2, 0.25) is 0 Å². The van der Waals surface area contributed by atoms with Crippen LogP contribution in [0.4, 0.5) is 10.5 Å². The van der Waals surface area contributed by atoms with E-state index in [2.05, 4.69) is 31.6 Å². The summed E-state index contributed by atoms with van der Waals surface area (Å²) in [7, 11) is 6.67. The average Bonchev–Trinajstić information content (AvgIpc) is 4.23. The second-order valence-corrected chi connectivity index (χ2v) is 23.3. The zero-order chi connectivity index (χ0) is 60.1. The summed E-state index contributed by atoms with van der Waals surface area (Å²) in [5, 5.41) is 17.2. The Hall–Kier alpha value is -6.26. The third-order valence-electron chi connectivity index (χ3n) is 15.4. The van der Waals surface area contributed by atoms with Crippen LogP contribution in [-0.2, 0) is 51.1 Å². The van der Waals surface area contributed by atoms with Gasteiger partial charge in [0.2, 0.25) is 35.4 Å². The SMILES string of the molecule is C/C=C(/C)[C@@H]([C@@H](CC(=O)N1CCC[C@H]1[C@H](OC)[C@@H](C)C(=O)N[C@@H](Cc1ccccc1)c1nccs1)OC)N(C)C(=O)[C@@H](NC(=O)[C@H](C(C)C)N(C)CCc1ccc(NC(=O)[C@H](CCCNC(N)=O)NC(=O)[C@@H](N)C(C)C)cc1)C(C)C. The van der Waals surface area contributed by atoms with Crippen molar-refractivity contribution in [3.8, 4) is 0 Å². The van der Waals surface area contributed by atoms with Gasteiger partial charge in [0, 0.05) is 58.2 Å². The molecule has 1 fully saturated rings. The van der Waals surface area contributed by atoms with Crippen LogP contribution < -0.4 is 38.1 Å². The summed E-state index contributed by atoms with van der Waals surface area (Å²) in [4.78, 5) is 105. The maximum atomic E-state index is 14.8. The molecule has 1 aliphatic heterocycles. The van der Waals surface area contributed by atoms with Crippen molar-refractivity contribution in [2.75, 3.05) is 53.3 Å². The Morgan fingerprint density at radius 3 is 2.07 bits per heavy atom. The summed E-state index contributed by atoms with van der Waals surface area (Å²) in [5.74, 6) is -3.07. The van der Waals surface area contributed by atoms with Crippen molar-refractivity contribution < 1.29 is 43.0 Å². The first-order chi connectivity index (χ1) is 38.4. The largest absolute Gasteiger partial charge is 0.378 e. The van der Waals surface area contributed by atoms with E-state index in [9.17, 15) is 33.6 Å². The molecule has 0 radical (unpaired) electrons. The third-order valence-corrected chi connectivity index (χ3v) is 16.3. The van der Waals surface area contributed by atoms with E-state index >= 15 is 0 Å². The number of anilines is 1. The molecular weight excluding hydrogens is 1050 g/mol. The summed E-state index contributed by atoms with van der Waals surface area (Å²) in [6.45, 7) is 18.1. The van der Waals surface area contributed by atoms with E-state index in [1.54, 1.807) is 42.3 Å². The lowest BCUT2D eigenvalue weighted by atomic mass is 9.93. The molecule has 2 heterocycles. The molecule has 8 amide bonds. The fourth-order valence-electron chi connectivity index (χ4n) is 10.6. The van der Waals surface area contributed by atoms with Gasteiger partial charge < -0.3 is 57.3 Å². The molecule has 9 N–H and O–H groups in total. The molecule has 0 aliphatic carbocycles. The van der Waals surface area contributed by atoms with Gasteiger partial charge in [-0.25, -0.2) is 9.78 Å². The summed E-state index contributed by atoms with van der Waals surface area (Å²) in [6.07, 6.45) is 5.35. The smallest absolute Gasteiger partial charge is 0.312 e. The normalized spacial score (nSPS) is 17.1. The maximum Gasteiger partial charge on any atom is 0.312 e. The van der Waals surface area contributed by atoms with Crippen molar-refractivity contribution in [1.29, 1.82) is 0 Å². The molecule has 21 heteroatoms. The number of nitrogens with two attached hydrogens (primary N) is 2. The van der Waals surface area contributed by atoms with Crippen LogP contribution in [0.25, 0.3) is 0 Å². The van der Waals surface area contributed by atoms with Gasteiger partial charge in [0.1, 0.15) is 17.1 Å². The van der Waals surface area contributed by atoms with E-state index in [1.807, 2.05) is 128 Å². The molecule has 3 aromatic rings. The molecule has 2 aromatic carbocycles. The molecule has 0 unspecified atom stereocenters. The first-order valence-electron chi connectivity index (χ1n) is 28.4. The number of allylic oxidation sites excluding steroid dienone is 1. The van der Waals surface area contributed by atoms with Gasteiger partial charge in [-0.2, -0.15) is 0 Å². The number of methoxy groups -OCH3 is 2. The Balaban J connectivity index is 1.42. The minimum Gasteiger partial charge on any atom is -0.378 e. The van der Waals surface area contributed by atoms with E-state index in [1.165, 1.54) is 18.4 Å². The number of ether oxygens (including phenoxy) is 2. The number of carbonyl (C=O) groups is 7. The quantitative estimate of drug-likeness (QED) is 0.0298. The molecule has 20 nitrogen and oxygen atoms in total. The van der Waals surface area contributed by atoms with Gasteiger partial charge in [-0.1, -0.05) is 103 Å². The number of hydrogen-bond acceptors (Lipinski definition) is 13. The highest BCUT2D eigenvalue weighted by Gasteiger charge is 2.43. The molecule has 4 rings (SSSR count). The van der Waals surface area contributed by atoms with Gasteiger partial charge in [-0.3, -0.25) is 33.7 Å². The number of nitrogens with one attached hydrogen (secondary N) is 5. The maximum absolute atomic E-state index is 14.8. The number of likely N-dealkylation sites (N-methyl/N-ethyl adjacent to an activating group) is 2.